The summed E-state index contributed by atoms with van der Waals surface area (Å²) in [7, 11) is -2.52. The Labute approximate surface area is 105 Å². The van der Waals surface area contributed by atoms with E-state index in [4.69, 9.17) is 22.8 Å². The lowest BCUT2D eigenvalue weighted by Crippen LogP contribution is -2.47. The van der Waals surface area contributed by atoms with Gasteiger partial charge in [-0.05, 0) is 20.8 Å². The Kier molecular flexibility index (Phi) is 7.25. The fourth-order valence-corrected chi connectivity index (χ4v) is 4.03. The summed E-state index contributed by atoms with van der Waals surface area (Å²) in [4.78, 5) is 0. The van der Waals surface area contributed by atoms with Gasteiger partial charge in [-0.1, -0.05) is 0 Å². The van der Waals surface area contributed by atoms with Crippen LogP contribution in [0.4, 0.5) is 0 Å². The van der Waals surface area contributed by atoms with E-state index in [-0.39, 0.29) is 6.10 Å². The molecule has 0 bridgehead atoms. The summed E-state index contributed by atoms with van der Waals surface area (Å²) >= 11 is 0. The molecular weight excluding hydrogens is 240 g/mol. The summed E-state index contributed by atoms with van der Waals surface area (Å²) in [5, 5.41) is 0. The molecule has 1 fully saturated rings. The number of hydrogen-bond donors (Lipinski definition) is 0. The first-order valence-electron chi connectivity index (χ1n) is 6.37. The molecule has 0 aromatic heterocycles. The number of ether oxygens (including phenoxy) is 2. The molecule has 102 valence electrons. The van der Waals surface area contributed by atoms with Crippen LogP contribution < -0.4 is 0 Å². The highest BCUT2D eigenvalue weighted by Gasteiger charge is 2.40. The maximum Gasteiger partial charge on any atom is 0.503 e. The molecule has 0 aromatic carbocycles. The van der Waals surface area contributed by atoms with Crippen molar-refractivity contribution in [1.82, 2.24) is 0 Å². The average Bonchev–Trinajstić information content (AvgIpc) is 2.23. The molecule has 1 rings (SSSR count). The molecule has 0 radical (unpaired) electrons. The SMILES string of the molecule is CCO[Si](CCOC1COC1)(OCC)OCC. The van der Waals surface area contributed by atoms with Gasteiger partial charge in [0.25, 0.3) is 0 Å². The fraction of sp³-hybridized carbons (Fsp3) is 1.00. The molecule has 0 atom stereocenters. The Bertz CT molecular complexity index is 181. The van der Waals surface area contributed by atoms with E-state index in [2.05, 4.69) is 0 Å². The molecule has 0 saturated carbocycles. The fourth-order valence-electron chi connectivity index (χ4n) is 1.66. The lowest BCUT2D eigenvalue weighted by atomic mass is 10.3. The summed E-state index contributed by atoms with van der Waals surface area (Å²) < 4.78 is 27.9. The van der Waals surface area contributed by atoms with E-state index in [9.17, 15) is 0 Å². The van der Waals surface area contributed by atoms with Crippen molar-refractivity contribution in [3.8, 4) is 0 Å². The average molecular weight is 264 g/mol. The summed E-state index contributed by atoms with van der Waals surface area (Å²) in [6.45, 7) is 9.72. The molecule has 0 aliphatic carbocycles. The standard InChI is InChI=1S/C11H24O5Si/c1-4-14-17(15-5-2,16-6-3)8-7-13-11-9-12-10-11/h11H,4-10H2,1-3H3. The Hall–Kier alpha value is 0.0169. The highest BCUT2D eigenvalue weighted by molar-refractivity contribution is 6.60. The van der Waals surface area contributed by atoms with Gasteiger partial charge in [0.1, 0.15) is 6.10 Å². The zero-order valence-electron chi connectivity index (χ0n) is 11.1. The van der Waals surface area contributed by atoms with Crippen molar-refractivity contribution in [3.05, 3.63) is 0 Å². The molecule has 0 amide bonds. The molecule has 5 nitrogen and oxygen atoms in total. The zero-order chi connectivity index (χ0) is 12.6. The molecule has 1 heterocycles. The van der Waals surface area contributed by atoms with E-state index in [1.807, 2.05) is 20.8 Å². The highest BCUT2D eigenvalue weighted by atomic mass is 28.4. The van der Waals surface area contributed by atoms with Gasteiger partial charge >= 0.3 is 8.80 Å². The first kappa shape index (κ1) is 15.1. The Morgan fingerprint density at radius 3 is 1.88 bits per heavy atom. The van der Waals surface area contributed by atoms with Gasteiger partial charge in [0.15, 0.2) is 0 Å². The normalized spacial score (nSPS) is 17.1. The summed E-state index contributed by atoms with van der Waals surface area (Å²) in [5.74, 6) is 0. The van der Waals surface area contributed by atoms with Gasteiger partial charge in [-0.25, -0.2) is 0 Å². The van der Waals surface area contributed by atoms with Gasteiger partial charge in [-0.3, -0.25) is 0 Å². The molecule has 0 N–H and O–H groups in total. The van der Waals surface area contributed by atoms with Gasteiger partial charge in [-0.15, -0.1) is 0 Å². The van der Waals surface area contributed by atoms with Crippen LogP contribution >= 0.6 is 0 Å². The van der Waals surface area contributed by atoms with Crippen LogP contribution in [0.1, 0.15) is 20.8 Å². The van der Waals surface area contributed by atoms with Gasteiger partial charge in [-0.2, -0.15) is 0 Å². The zero-order valence-corrected chi connectivity index (χ0v) is 12.1. The summed E-state index contributed by atoms with van der Waals surface area (Å²) in [6.07, 6.45) is 0.242. The highest BCUT2D eigenvalue weighted by Crippen LogP contribution is 2.17. The van der Waals surface area contributed by atoms with E-state index in [1.54, 1.807) is 0 Å². The van der Waals surface area contributed by atoms with Crippen molar-refractivity contribution in [2.75, 3.05) is 39.6 Å². The minimum absolute atomic E-state index is 0.242. The van der Waals surface area contributed by atoms with E-state index >= 15 is 0 Å². The first-order chi connectivity index (χ1) is 8.26. The van der Waals surface area contributed by atoms with Crippen LogP contribution in [0.25, 0.3) is 0 Å². The molecule has 0 unspecified atom stereocenters. The van der Waals surface area contributed by atoms with Crippen molar-refractivity contribution in [2.45, 2.75) is 32.9 Å². The summed E-state index contributed by atoms with van der Waals surface area (Å²) in [6, 6.07) is 0.707. The van der Waals surface area contributed by atoms with Gasteiger partial charge in [0.2, 0.25) is 0 Å². The van der Waals surface area contributed by atoms with Crippen molar-refractivity contribution < 1.29 is 22.8 Å². The quantitative estimate of drug-likeness (QED) is 0.559. The van der Waals surface area contributed by atoms with Gasteiger partial charge in [0, 0.05) is 25.9 Å². The minimum atomic E-state index is -2.52. The molecule has 17 heavy (non-hydrogen) atoms. The third-order valence-corrected chi connectivity index (χ3v) is 5.46. The van der Waals surface area contributed by atoms with Crippen molar-refractivity contribution in [1.29, 1.82) is 0 Å². The van der Waals surface area contributed by atoms with Gasteiger partial charge in [0.05, 0.1) is 19.8 Å². The van der Waals surface area contributed by atoms with Crippen LogP contribution in [0.15, 0.2) is 0 Å². The first-order valence-corrected chi connectivity index (χ1v) is 8.30. The second kappa shape index (κ2) is 8.18. The maximum absolute atomic E-state index is 5.73. The maximum atomic E-state index is 5.73. The molecule has 1 aliphatic rings. The van der Waals surface area contributed by atoms with Crippen LogP contribution in [0.3, 0.4) is 0 Å². The second-order valence-corrected chi connectivity index (χ2v) is 6.49. The smallest absolute Gasteiger partial charge is 0.376 e. The van der Waals surface area contributed by atoms with E-state index in [1.165, 1.54) is 0 Å². The Morgan fingerprint density at radius 2 is 1.53 bits per heavy atom. The molecular formula is C11H24O5Si. The number of hydrogen-bond acceptors (Lipinski definition) is 5. The third-order valence-electron chi connectivity index (χ3n) is 2.46. The van der Waals surface area contributed by atoms with Crippen molar-refractivity contribution in [3.63, 3.8) is 0 Å². The summed E-state index contributed by atoms with van der Waals surface area (Å²) in [5.41, 5.74) is 0. The largest absolute Gasteiger partial charge is 0.503 e. The lowest BCUT2D eigenvalue weighted by molar-refractivity contribution is -0.128. The van der Waals surface area contributed by atoms with E-state index in [0.717, 1.165) is 0 Å². The third kappa shape index (κ3) is 5.03. The monoisotopic (exact) mass is 264 g/mol. The Balaban J connectivity index is 2.35. The van der Waals surface area contributed by atoms with Gasteiger partial charge < -0.3 is 22.8 Å². The number of rotatable bonds is 10. The van der Waals surface area contributed by atoms with Crippen LogP contribution in [0, 0.1) is 0 Å². The minimum Gasteiger partial charge on any atom is -0.376 e. The predicted molar refractivity (Wildman–Crippen MR) is 66.0 cm³/mol. The molecule has 0 aromatic rings. The van der Waals surface area contributed by atoms with Crippen molar-refractivity contribution >= 4 is 8.80 Å². The predicted octanol–water partition coefficient (Wildman–Crippen LogP) is 1.45. The second-order valence-electron chi connectivity index (χ2n) is 3.76. The van der Waals surface area contributed by atoms with E-state index < -0.39 is 8.80 Å². The van der Waals surface area contributed by atoms with Crippen LogP contribution in [0.2, 0.25) is 6.04 Å². The van der Waals surface area contributed by atoms with Crippen LogP contribution in [0.5, 0.6) is 0 Å². The molecule has 1 aliphatic heterocycles. The van der Waals surface area contributed by atoms with Crippen molar-refractivity contribution in [2.24, 2.45) is 0 Å². The van der Waals surface area contributed by atoms with Crippen LogP contribution in [-0.4, -0.2) is 54.5 Å². The Morgan fingerprint density at radius 1 is 1.00 bits per heavy atom. The van der Waals surface area contributed by atoms with Crippen LogP contribution in [-0.2, 0) is 22.8 Å². The topological polar surface area (TPSA) is 46.2 Å². The molecule has 0 spiro atoms. The molecule has 1 saturated heterocycles. The molecule has 6 heteroatoms. The lowest BCUT2D eigenvalue weighted by Gasteiger charge is -2.30. The van der Waals surface area contributed by atoms with E-state index in [0.29, 0.717) is 45.7 Å².